The first-order valence-electron chi connectivity index (χ1n) is 19.7. The number of rotatable bonds is 36. The van der Waals surface area contributed by atoms with Gasteiger partial charge in [0.1, 0.15) is 6.61 Å². The van der Waals surface area contributed by atoms with E-state index in [-0.39, 0.29) is 25.2 Å². The van der Waals surface area contributed by atoms with Crippen molar-refractivity contribution in [2.75, 3.05) is 13.2 Å². The highest BCUT2D eigenvalue weighted by Crippen LogP contribution is 2.14. The van der Waals surface area contributed by atoms with Gasteiger partial charge >= 0.3 is 11.9 Å². The van der Waals surface area contributed by atoms with Crippen molar-refractivity contribution in [3.63, 3.8) is 0 Å². The van der Waals surface area contributed by atoms with Crippen LogP contribution in [0.4, 0.5) is 0 Å². The number of ether oxygens (including phenoxy) is 2. The summed E-state index contributed by atoms with van der Waals surface area (Å²) < 4.78 is 10.6. The second kappa shape index (κ2) is 37.1. The molecule has 0 radical (unpaired) electrons. The SMILES string of the molecule is CCCCCCCC/C=C/CCCCCCCCCCCC(=O)OC[C@H](CO)OC(=O)CCCCCCCCCCCCCC. The van der Waals surface area contributed by atoms with Gasteiger partial charge in [0.15, 0.2) is 6.10 Å². The summed E-state index contributed by atoms with van der Waals surface area (Å²) in [7, 11) is 0. The molecule has 266 valence electrons. The molecule has 0 aromatic carbocycles. The third-order valence-corrected chi connectivity index (χ3v) is 8.81. The van der Waals surface area contributed by atoms with Crippen LogP contribution in [0.25, 0.3) is 0 Å². The number of hydrogen-bond donors (Lipinski definition) is 1. The Labute approximate surface area is 280 Å². The third-order valence-electron chi connectivity index (χ3n) is 8.81. The highest BCUT2D eigenvalue weighted by atomic mass is 16.6. The van der Waals surface area contributed by atoms with Crippen LogP contribution in [0.3, 0.4) is 0 Å². The molecule has 45 heavy (non-hydrogen) atoms. The van der Waals surface area contributed by atoms with Crippen LogP contribution in [0.2, 0.25) is 0 Å². The minimum Gasteiger partial charge on any atom is -0.462 e. The Kier molecular flexibility index (Phi) is 36.0. The van der Waals surface area contributed by atoms with Gasteiger partial charge in [0.25, 0.3) is 0 Å². The van der Waals surface area contributed by atoms with Crippen LogP contribution in [0.5, 0.6) is 0 Å². The van der Waals surface area contributed by atoms with Gasteiger partial charge in [0, 0.05) is 12.8 Å². The summed E-state index contributed by atoms with van der Waals surface area (Å²) in [4.78, 5) is 24.2. The summed E-state index contributed by atoms with van der Waals surface area (Å²) in [5.41, 5.74) is 0. The Bertz CT molecular complexity index is 647. The summed E-state index contributed by atoms with van der Waals surface area (Å²) in [5, 5.41) is 9.53. The molecule has 0 bridgehead atoms. The van der Waals surface area contributed by atoms with E-state index in [1.54, 1.807) is 0 Å². The van der Waals surface area contributed by atoms with Crippen LogP contribution in [0.1, 0.15) is 213 Å². The van der Waals surface area contributed by atoms with E-state index in [1.807, 2.05) is 0 Å². The molecule has 0 spiro atoms. The van der Waals surface area contributed by atoms with Crippen molar-refractivity contribution in [3.8, 4) is 0 Å². The number of carbonyl (C=O) groups is 2. The molecule has 0 aromatic rings. The highest BCUT2D eigenvalue weighted by Gasteiger charge is 2.16. The summed E-state index contributed by atoms with van der Waals surface area (Å²) >= 11 is 0. The van der Waals surface area contributed by atoms with Crippen molar-refractivity contribution in [2.24, 2.45) is 0 Å². The topological polar surface area (TPSA) is 72.8 Å². The maximum Gasteiger partial charge on any atom is 0.306 e. The number of unbranched alkanes of at least 4 members (excludes halogenated alkanes) is 26. The fraction of sp³-hybridized carbons (Fsp3) is 0.900. The summed E-state index contributed by atoms with van der Waals surface area (Å²) in [5.74, 6) is -0.584. The molecule has 0 rings (SSSR count). The number of allylic oxidation sites excluding steroid dienone is 2. The normalized spacial score (nSPS) is 12.2. The molecule has 5 heteroatoms. The smallest absolute Gasteiger partial charge is 0.306 e. The van der Waals surface area contributed by atoms with E-state index in [0.717, 1.165) is 38.5 Å². The first kappa shape index (κ1) is 43.6. The number of hydrogen-bond acceptors (Lipinski definition) is 5. The molecule has 0 saturated carbocycles. The highest BCUT2D eigenvalue weighted by molar-refractivity contribution is 5.70. The first-order valence-corrected chi connectivity index (χ1v) is 19.7. The van der Waals surface area contributed by atoms with Crippen LogP contribution < -0.4 is 0 Å². The molecular weight excluding hydrogens is 560 g/mol. The predicted octanol–water partition coefficient (Wildman–Crippen LogP) is 12.1. The fourth-order valence-electron chi connectivity index (χ4n) is 5.78. The molecule has 0 unspecified atom stereocenters. The molecule has 1 atom stereocenters. The summed E-state index contributed by atoms with van der Waals surface area (Å²) in [6.07, 6.45) is 41.3. The average Bonchev–Trinajstić information content (AvgIpc) is 3.04. The van der Waals surface area contributed by atoms with Gasteiger partial charge in [0.2, 0.25) is 0 Å². The number of esters is 2. The second-order valence-corrected chi connectivity index (χ2v) is 13.4. The molecule has 5 nitrogen and oxygen atoms in total. The molecule has 0 amide bonds. The number of aliphatic hydroxyl groups is 1. The zero-order valence-corrected chi connectivity index (χ0v) is 30.1. The molecule has 0 aliphatic heterocycles. The average molecular weight is 637 g/mol. The molecule has 0 saturated heterocycles. The lowest BCUT2D eigenvalue weighted by Crippen LogP contribution is -2.28. The predicted molar refractivity (Wildman–Crippen MR) is 192 cm³/mol. The van der Waals surface area contributed by atoms with E-state index < -0.39 is 6.10 Å². The van der Waals surface area contributed by atoms with E-state index in [0.29, 0.717) is 12.8 Å². The van der Waals surface area contributed by atoms with Gasteiger partial charge < -0.3 is 14.6 Å². The Morgan fingerprint density at radius 1 is 0.489 bits per heavy atom. The standard InChI is InChI=1S/C40H76O5/c1-3-5-7-9-11-13-15-17-18-19-20-21-22-23-25-26-28-30-32-34-39(42)44-37-38(36-41)45-40(43)35-33-31-29-27-24-16-14-12-10-8-6-4-2/h17-18,38,41H,3-16,19-37H2,1-2H3/b18-17+/t38-/m0/s1. The second-order valence-electron chi connectivity index (χ2n) is 13.4. The van der Waals surface area contributed by atoms with Crippen LogP contribution in [0, 0.1) is 0 Å². The van der Waals surface area contributed by atoms with Crippen molar-refractivity contribution >= 4 is 11.9 Å². The fourth-order valence-corrected chi connectivity index (χ4v) is 5.78. The maximum atomic E-state index is 12.1. The Morgan fingerprint density at radius 3 is 1.20 bits per heavy atom. The lowest BCUT2D eigenvalue weighted by atomic mass is 10.0. The van der Waals surface area contributed by atoms with Gasteiger partial charge in [-0.25, -0.2) is 0 Å². The van der Waals surface area contributed by atoms with Crippen LogP contribution >= 0.6 is 0 Å². The van der Waals surface area contributed by atoms with Gasteiger partial charge in [-0.1, -0.05) is 174 Å². The molecule has 0 fully saturated rings. The van der Waals surface area contributed by atoms with E-state index in [1.165, 1.54) is 148 Å². The van der Waals surface area contributed by atoms with Crippen molar-refractivity contribution in [1.29, 1.82) is 0 Å². The summed E-state index contributed by atoms with van der Waals surface area (Å²) in [6.45, 7) is 4.14. The third kappa shape index (κ3) is 35.3. The zero-order chi connectivity index (χ0) is 32.9. The van der Waals surface area contributed by atoms with Crippen LogP contribution in [-0.4, -0.2) is 36.4 Å². The van der Waals surface area contributed by atoms with Crippen molar-refractivity contribution < 1.29 is 24.2 Å². The van der Waals surface area contributed by atoms with E-state index in [4.69, 9.17) is 9.47 Å². The summed E-state index contributed by atoms with van der Waals surface area (Å²) in [6, 6.07) is 0. The van der Waals surface area contributed by atoms with Gasteiger partial charge in [-0.15, -0.1) is 0 Å². The zero-order valence-electron chi connectivity index (χ0n) is 30.1. The van der Waals surface area contributed by atoms with E-state index in [9.17, 15) is 14.7 Å². The molecule has 0 aliphatic carbocycles. The Hall–Kier alpha value is -1.36. The van der Waals surface area contributed by atoms with Gasteiger partial charge in [-0.2, -0.15) is 0 Å². The lowest BCUT2D eigenvalue weighted by Gasteiger charge is -2.15. The number of aliphatic hydroxyl groups excluding tert-OH is 1. The Morgan fingerprint density at radius 2 is 0.822 bits per heavy atom. The first-order chi connectivity index (χ1) is 22.1. The number of carbonyl (C=O) groups excluding carboxylic acids is 2. The van der Waals surface area contributed by atoms with Crippen molar-refractivity contribution in [3.05, 3.63) is 12.2 Å². The van der Waals surface area contributed by atoms with Gasteiger partial charge in [-0.3, -0.25) is 9.59 Å². The molecule has 0 aromatic heterocycles. The van der Waals surface area contributed by atoms with E-state index in [2.05, 4.69) is 26.0 Å². The Balaban J connectivity index is 3.50. The maximum absolute atomic E-state index is 12.1. The monoisotopic (exact) mass is 637 g/mol. The minimum atomic E-state index is -0.764. The minimum absolute atomic E-state index is 0.0611. The molecule has 0 heterocycles. The van der Waals surface area contributed by atoms with Crippen LogP contribution in [0.15, 0.2) is 12.2 Å². The largest absolute Gasteiger partial charge is 0.462 e. The van der Waals surface area contributed by atoms with E-state index >= 15 is 0 Å². The molecular formula is C40H76O5. The molecule has 1 N–H and O–H groups in total. The van der Waals surface area contributed by atoms with Crippen molar-refractivity contribution in [2.45, 2.75) is 219 Å². The lowest BCUT2D eigenvalue weighted by molar-refractivity contribution is -0.161. The van der Waals surface area contributed by atoms with Crippen LogP contribution in [-0.2, 0) is 19.1 Å². The van der Waals surface area contributed by atoms with Gasteiger partial charge in [-0.05, 0) is 38.5 Å². The van der Waals surface area contributed by atoms with Gasteiger partial charge in [0.05, 0.1) is 6.61 Å². The quantitative estimate of drug-likeness (QED) is 0.0421. The van der Waals surface area contributed by atoms with Crippen molar-refractivity contribution in [1.82, 2.24) is 0 Å². The molecule has 0 aliphatic rings.